The van der Waals surface area contributed by atoms with Gasteiger partial charge < -0.3 is 10.2 Å². The second kappa shape index (κ2) is 8.73. The molecule has 1 heterocycles. The molecular weight excluding hydrogens is 372 g/mol. The van der Waals surface area contributed by atoms with E-state index in [1.54, 1.807) is 19.2 Å². The molecule has 0 bridgehead atoms. The number of carbonyl (C=O) groups is 4. The number of nitrogens with zero attached hydrogens (tertiary/aromatic N) is 2. The van der Waals surface area contributed by atoms with Gasteiger partial charge in [0.05, 0.1) is 7.05 Å². The van der Waals surface area contributed by atoms with Gasteiger partial charge in [-0.05, 0) is 30.9 Å². The van der Waals surface area contributed by atoms with E-state index in [2.05, 4.69) is 5.32 Å². The van der Waals surface area contributed by atoms with Crippen molar-refractivity contribution in [3.63, 3.8) is 0 Å². The Morgan fingerprint density at radius 3 is 2.38 bits per heavy atom. The number of benzene rings is 1. The van der Waals surface area contributed by atoms with Crippen molar-refractivity contribution in [2.75, 3.05) is 20.8 Å². The van der Waals surface area contributed by atoms with Gasteiger partial charge in [0, 0.05) is 24.2 Å². The predicted octanol–water partition coefficient (Wildman–Crippen LogP) is 0.388. The van der Waals surface area contributed by atoms with E-state index in [0.29, 0.717) is 12.1 Å². The van der Waals surface area contributed by atoms with Crippen molar-refractivity contribution >= 4 is 23.8 Å². The van der Waals surface area contributed by atoms with Crippen LogP contribution in [0.3, 0.4) is 0 Å². The Hall–Kier alpha value is -2.74. The smallest absolute Gasteiger partial charge is 0.338 e. The van der Waals surface area contributed by atoms with Crippen LogP contribution in [0.2, 0.25) is 0 Å². The van der Waals surface area contributed by atoms with Gasteiger partial charge in [-0.15, -0.1) is 0 Å². The van der Waals surface area contributed by atoms with Crippen molar-refractivity contribution in [3.05, 3.63) is 35.4 Å². The van der Waals surface area contributed by atoms with Gasteiger partial charge in [-0.2, -0.15) is 0 Å². The number of urea groups is 1. The Labute approximate surface area is 170 Å². The molecule has 1 unspecified atom stereocenters. The number of hydrogen-bond acceptors (Lipinski definition) is 4. The van der Waals surface area contributed by atoms with Gasteiger partial charge in [-0.25, -0.2) is 9.69 Å². The summed E-state index contributed by atoms with van der Waals surface area (Å²) in [5.41, 5.74) is 1.54. The largest absolute Gasteiger partial charge is 0.355 e. The number of quaternary nitrogens is 1. The van der Waals surface area contributed by atoms with E-state index in [1.807, 2.05) is 26.1 Å². The number of nitrogens with one attached hydrogen (secondary N) is 2. The molecule has 1 aliphatic carbocycles. The van der Waals surface area contributed by atoms with Gasteiger partial charge in [-0.1, -0.05) is 31.9 Å². The van der Waals surface area contributed by atoms with Crippen molar-refractivity contribution in [1.82, 2.24) is 15.1 Å². The highest BCUT2D eigenvalue weighted by atomic mass is 16.2. The fourth-order valence-corrected chi connectivity index (χ4v) is 4.23. The van der Waals surface area contributed by atoms with Gasteiger partial charge in [-0.3, -0.25) is 19.3 Å². The second-order valence-electron chi connectivity index (χ2n) is 8.09. The van der Waals surface area contributed by atoms with E-state index in [4.69, 9.17) is 0 Å². The molecule has 0 radical (unpaired) electrons. The molecule has 1 saturated carbocycles. The highest BCUT2D eigenvalue weighted by molar-refractivity contribution is 6.44. The lowest BCUT2D eigenvalue weighted by atomic mass is 9.85. The summed E-state index contributed by atoms with van der Waals surface area (Å²) >= 11 is 0. The number of imide groups is 2. The van der Waals surface area contributed by atoms with Crippen LogP contribution >= 0.6 is 0 Å². The fraction of sp³-hybridized carbons (Fsp3) is 0.524. The molecule has 3 rings (SSSR count). The average Bonchev–Trinajstić information content (AvgIpc) is 2.92. The molecule has 1 aromatic carbocycles. The SMILES string of the molecule is CNC(=O)c1ccc(C[NH+](C)CN2C(=O)C(=O)N([C@H]3CCCC[C@H]3C)C2=O)cc1. The lowest BCUT2D eigenvalue weighted by Gasteiger charge is -2.34. The molecule has 2 fully saturated rings. The van der Waals surface area contributed by atoms with Crippen molar-refractivity contribution in [2.24, 2.45) is 5.92 Å². The van der Waals surface area contributed by atoms with Gasteiger partial charge in [0.25, 0.3) is 5.91 Å². The van der Waals surface area contributed by atoms with Crippen LogP contribution < -0.4 is 10.2 Å². The third-order valence-electron chi connectivity index (χ3n) is 5.86. The number of hydrogen-bond donors (Lipinski definition) is 2. The Balaban J connectivity index is 1.64. The lowest BCUT2D eigenvalue weighted by molar-refractivity contribution is -0.901. The topological polar surface area (TPSA) is 91.2 Å². The minimum absolute atomic E-state index is 0.123. The van der Waals surface area contributed by atoms with Gasteiger partial charge >= 0.3 is 17.8 Å². The maximum absolute atomic E-state index is 12.9. The Kier molecular flexibility index (Phi) is 6.32. The molecule has 1 aromatic rings. The Morgan fingerprint density at radius 2 is 1.76 bits per heavy atom. The molecule has 5 amide bonds. The van der Waals surface area contributed by atoms with Crippen LogP contribution in [0, 0.1) is 5.92 Å². The zero-order chi connectivity index (χ0) is 21.1. The number of amides is 5. The maximum Gasteiger partial charge on any atom is 0.338 e. The van der Waals surface area contributed by atoms with E-state index in [0.717, 1.165) is 41.0 Å². The third-order valence-corrected chi connectivity index (χ3v) is 5.86. The van der Waals surface area contributed by atoms with E-state index < -0.39 is 17.8 Å². The van der Waals surface area contributed by atoms with Gasteiger partial charge in [0.1, 0.15) is 6.54 Å². The van der Waals surface area contributed by atoms with E-state index in [-0.39, 0.29) is 24.5 Å². The standard InChI is InChI=1S/C21H28N4O4/c1-14-6-4-5-7-17(14)25-20(28)19(27)24(21(25)29)13-23(3)12-15-8-10-16(11-9-15)18(26)22-2/h8-11,14,17H,4-7,12-13H2,1-3H3,(H,22,26)/p+1/t14-,17+/m1/s1. The van der Waals surface area contributed by atoms with Gasteiger partial charge in [0.2, 0.25) is 0 Å². The maximum atomic E-state index is 12.9. The summed E-state index contributed by atoms with van der Waals surface area (Å²) in [6.45, 7) is 2.72. The van der Waals surface area contributed by atoms with Crippen LogP contribution in [-0.4, -0.2) is 60.4 Å². The molecule has 8 heteroatoms. The molecule has 2 aliphatic rings. The molecule has 1 aliphatic heterocycles. The first-order valence-electron chi connectivity index (χ1n) is 10.1. The summed E-state index contributed by atoms with van der Waals surface area (Å²) in [6, 6.07) is 6.50. The van der Waals surface area contributed by atoms with Crippen molar-refractivity contribution < 1.29 is 24.1 Å². The number of rotatable bonds is 6. The van der Waals surface area contributed by atoms with Crippen LogP contribution in [0.25, 0.3) is 0 Å². The molecule has 156 valence electrons. The van der Waals surface area contributed by atoms with Crippen LogP contribution in [0.15, 0.2) is 24.3 Å². The summed E-state index contributed by atoms with van der Waals surface area (Å²) in [4.78, 5) is 52.6. The predicted molar refractivity (Wildman–Crippen MR) is 106 cm³/mol. The highest BCUT2D eigenvalue weighted by Crippen LogP contribution is 2.30. The van der Waals surface area contributed by atoms with Crippen molar-refractivity contribution in [3.8, 4) is 0 Å². The zero-order valence-corrected chi connectivity index (χ0v) is 17.2. The van der Waals surface area contributed by atoms with Crippen LogP contribution in [0.5, 0.6) is 0 Å². The molecule has 8 nitrogen and oxygen atoms in total. The molecule has 3 atom stereocenters. The monoisotopic (exact) mass is 401 g/mol. The summed E-state index contributed by atoms with van der Waals surface area (Å²) in [6.07, 6.45) is 3.79. The summed E-state index contributed by atoms with van der Waals surface area (Å²) in [5.74, 6) is -1.37. The summed E-state index contributed by atoms with van der Waals surface area (Å²) in [7, 11) is 3.44. The highest BCUT2D eigenvalue weighted by Gasteiger charge is 2.50. The normalized spacial score (nSPS) is 23.5. The quantitative estimate of drug-likeness (QED) is 0.533. The van der Waals surface area contributed by atoms with E-state index in [1.165, 1.54) is 4.90 Å². The molecule has 1 saturated heterocycles. The van der Waals surface area contributed by atoms with Crippen LogP contribution in [0.4, 0.5) is 4.79 Å². The van der Waals surface area contributed by atoms with Gasteiger partial charge in [0.15, 0.2) is 6.67 Å². The molecule has 0 aromatic heterocycles. The van der Waals surface area contributed by atoms with Crippen LogP contribution in [0.1, 0.15) is 48.5 Å². The first-order valence-corrected chi connectivity index (χ1v) is 10.1. The molecule has 2 N–H and O–H groups in total. The molecule has 0 spiro atoms. The van der Waals surface area contributed by atoms with Crippen LogP contribution in [-0.2, 0) is 16.1 Å². The second-order valence-corrected chi connectivity index (χ2v) is 8.09. The number of carbonyl (C=O) groups excluding carboxylic acids is 4. The Bertz CT molecular complexity index is 807. The zero-order valence-electron chi connectivity index (χ0n) is 17.2. The van der Waals surface area contributed by atoms with Crippen molar-refractivity contribution in [1.29, 1.82) is 0 Å². The minimum atomic E-state index is -0.734. The molecular formula is C21H29N4O4+. The summed E-state index contributed by atoms with van der Waals surface area (Å²) < 4.78 is 0. The lowest BCUT2D eigenvalue weighted by Crippen LogP contribution is -3.09. The average molecular weight is 401 g/mol. The first kappa shape index (κ1) is 21.0. The Morgan fingerprint density at radius 1 is 1.10 bits per heavy atom. The van der Waals surface area contributed by atoms with Crippen molar-refractivity contribution in [2.45, 2.75) is 45.2 Å². The third kappa shape index (κ3) is 4.32. The van der Waals surface area contributed by atoms with E-state index >= 15 is 0 Å². The minimum Gasteiger partial charge on any atom is -0.355 e. The van der Waals surface area contributed by atoms with E-state index in [9.17, 15) is 19.2 Å². The fourth-order valence-electron chi connectivity index (χ4n) is 4.23. The molecule has 29 heavy (non-hydrogen) atoms. The summed E-state index contributed by atoms with van der Waals surface area (Å²) in [5, 5.41) is 2.58. The first-order chi connectivity index (χ1) is 13.8.